The van der Waals surface area contributed by atoms with Gasteiger partial charge in [-0.1, -0.05) is 29.3 Å². The van der Waals surface area contributed by atoms with Gasteiger partial charge in [0.15, 0.2) is 0 Å². The van der Waals surface area contributed by atoms with Crippen LogP contribution in [0.3, 0.4) is 0 Å². The number of rotatable bonds is 3. The molecule has 2 aromatic rings. The Morgan fingerprint density at radius 1 is 1.20 bits per heavy atom. The highest BCUT2D eigenvalue weighted by atomic mass is 35.5. The molecule has 100 valence electrons. The monoisotopic (exact) mass is 304 g/mol. The van der Waals surface area contributed by atoms with E-state index >= 15 is 0 Å². The predicted octanol–water partition coefficient (Wildman–Crippen LogP) is 4.37. The summed E-state index contributed by atoms with van der Waals surface area (Å²) in [6.45, 7) is 0. The van der Waals surface area contributed by atoms with Crippen molar-refractivity contribution in [3.63, 3.8) is 0 Å². The van der Waals surface area contributed by atoms with Crippen LogP contribution in [-0.2, 0) is 0 Å². The molecule has 0 atom stereocenters. The molecule has 0 fully saturated rings. The number of methoxy groups -OCH3 is 1. The molecule has 0 radical (unpaired) electrons. The standard InChI is InChI=1S/C15H10Cl2N2O/c1-20-14-8-11(2-3-13(14)16)12(9-18)15(17)10-4-6-19-7-5-10/h2-8H,1H3. The SMILES string of the molecule is COc1cc(C(C#N)=C(Cl)c2ccncc2)ccc1Cl. The van der Waals surface area contributed by atoms with E-state index in [2.05, 4.69) is 11.1 Å². The number of allylic oxidation sites excluding steroid dienone is 1. The number of hydrogen-bond acceptors (Lipinski definition) is 3. The van der Waals surface area contributed by atoms with Crippen LogP contribution >= 0.6 is 23.2 Å². The largest absolute Gasteiger partial charge is 0.495 e. The van der Waals surface area contributed by atoms with E-state index in [-0.39, 0.29) is 0 Å². The summed E-state index contributed by atoms with van der Waals surface area (Å²) in [7, 11) is 1.52. The Balaban J connectivity index is 2.56. The summed E-state index contributed by atoms with van der Waals surface area (Å²) in [6, 6.07) is 10.7. The van der Waals surface area contributed by atoms with Crippen LogP contribution in [0.15, 0.2) is 42.7 Å². The summed E-state index contributed by atoms with van der Waals surface area (Å²) in [5.74, 6) is 0.496. The van der Waals surface area contributed by atoms with E-state index in [1.54, 1.807) is 42.7 Å². The fourth-order valence-corrected chi connectivity index (χ4v) is 2.17. The van der Waals surface area contributed by atoms with Gasteiger partial charge in [0.1, 0.15) is 11.8 Å². The second-order valence-electron chi connectivity index (χ2n) is 3.89. The summed E-state index contributed by atoms with van der Waals surface area (Å²) >= 11 is 12.3. The van der Waals surface area contributed by atoms with Gasteiger partial charge in [-0.3, -0.25) is 4.98 Å². The first kappa shape index (κ1) is 14.4. The van der Waals surface area contributed by atoms with Gasteiger partial charge >= 0.3 is 0 Å². The molecule has 0 unspecified atom stereocenters. The van der Waals surface area contributed by atoms with E-state index in [4.69, 9.17) is 27.9 Å². The minimum atomic E-state index is 0.354. The molecule has 2 rings (SSSR count). The quantitative estimate of drug-likeness (QED) is 0.791. The van der Waals surface area contributed by atoms with Crippen molar-refractivity contribution in [2.45, 2.75) is 0 Å². The molecule has 0 aliphatic heterocycles. The molecule has 0 N–H and O–H groups in total. The smallest absolute Gasteiger partial charge is 0.138 e. The maximum absolute atomic E-state index is 9.36. The van der Waals surface area contributed by atoms with E-state index in [9.17, 15) is 5.26 Å². The molecule has 0 saturated carbocycles. The molecule has 0 spiro atoms. The Morgan fingerprint density at radius 2 is 1.90 bits per heavy atom. The van der Waals surface area contributed by atoms with Crippen LogP contribution in [0, 0.1) is 11.3 Å². The number of hydrogen-bond donors (Lipinski definition) is 0. The van der Waals surface area contributed by atoms with E-state index in [1.165, 1.54) is 7.11 Å². The zero-order chi connectivity index (χ0) is 14.5. The van der Waals surface area contributed by atoms with Crippen LogP contribution in [0.4, 0.5) is 0 Å². The number of aromatic nitrogens is 1. The Kier molecular flexibility index (Phi) is 4.62. The molecule has 0 aliphatic carbocycles. The van der Waals surface area contributed by atoms with Gasteiger partial charge in [-0.2, -0.15) is 5.26 Å². The Labute approximate surface area is 127 Å². The molecule has 0 saturated heterocycles. The average Bonchev–Trinajstić information content (AvgIpc) is 2.50. The second kappa shape index (κ2) is 6.42. The fraction of sp³-hybridized carbons (Fsp3) is 0.0667. The molecule has 1 aromatic carbocycles. The normalized spacial score (nSPS) is 11.5. The lowest BCUT2D eigenvalue weighted by Crippen LogP contribution is -1.90. The highest BCUT2D eigenvalue weighted by molar-refractivity contribution is 6.53. The van der Waals surface area contributed by atoms with Crippen LogP contribution in [0.5, 0.6) is 5.75 Å². The van der Waals surface area contributed by atoms with Crippen molar-refractivity contribution >= 4 is 33.8 Å². The summed E-state index contributed by atoms with van der Waals surface area (Å²) in [4.78, 5) is 3.92. The number of nitrogens with zero attached hydrogens (tertiary/aromatic N) is 2. The molecule has 3 nitrogen and oxygen atoms in total. The molecule has 0 aliphatic rings. The lowest BCUT2D eigenvalue weighted by Gasteiger charge is -2.08. The first-order valence-corrected chi connectivity index (χ1v) is 6.47. The first-order chi connectivity index (χ1) is 9.67. The third-order valence-corrected chi connectivity index (χ3v) is 3.42. The van der Waals surface area contributed by atoms with E-state index in [0.29, 0.717) is 26.9 Å². The van der Waals surface area contributed by atoms with Crippen LogP contribution < -0.4 is 4.74 Å². The topological polar surface area (TPSA) is 45.9 Å². The van der Waals surface area contributed by atoms with Crippen LogP contribution in [0.2, 0.25) is 5.02 Å². The first-order valence-electron chi connectivity index (χ1n) is 5.71. The summed E-state index contributed by atoms with van der Waals surface area (Å²) < 4.78 is 5.15. The van der Waals surface area contributed by atoms with Crippen molar-refractivity contribution in [1.29, 1.82) is 5.26 Å². The van der Waals surface area contributed by atoms with Gasteiger partial charge < -0.3 is 4.74 Å². The lowest BCUT2D eigenvalue weighted by atomic mass is 10.0. The van der Waals surface area contributed by atoms with E-state index < -0.39 is 0 Å². The molecule has 5 heteroatoms. The number of pyridine rings is 1. The third-order valence-electron chi connectivity index (χ3n) is 2.70. The van der Waals surface area contributed by atoms with Gasteiger partial charge in [0.2, 0.25) is 0 Å². The summed E-state index contributed by atoms with van der Waals surface area (Å²) in [5.41, 5.74) is 1.73. The van der Waals surface area contributed by atoms with Crippen molar-refractivity contribution < 1.29 is 4.74 Å². The van der Waals surface area contributed by atoms with Crippen molar-refractivity contribution in [1.82, 2.24) is 4.98 Å². The molecule has 20 heavy (non-hydrogen) atoms. The summed E-state index contributed by atoms with van der Waals surface area (Å²) in [6.07, 6.45) is 3.24. The molecule has 0 bridgehead atoms. The van der Waals surface area contributed by atoms with Gasteiger partial charge in [0, 0.05) is 12.4 Å². The second-order valence-corrected chi connectivity index (χ2v) is 4.67. The molecule has 0 amide bonds. The Morgan fingerprint density at radius 3 is 2.50 bits per heavy atom. The molecular weight excluding hydrogens is 295 g/mol. The van der Waals surface area contributed by atoms with Crippen molar-refractivity contribution in [3.8, 4) is 11.8 Å². The van der Waals surface area contributed by atoms with Crippen molar-refractivity contribution in [2.75, 3.05) is 7.11 Å². The highest BCUT2D eigenvalue weighted by Gasteiger charge is 2.11. The number of ether oxygens (including phenoxy) is 1. The molecule has 1 aromatic heterocycles. The minimum absolute atomic E-state index is 0.354. The maximum Gasteiger partial charge on any atom is 0.138 e. The van der Waals surface area contributed by atoms with Crippen LogP contribution in [0.25, 0.3) is 10.6 Å². The van der Waals surface area contributed by atoms with Gasteiger partial charge in [-0.25, -0.2) is 0 Å². The molecular formula is C15H10Cl2N2O. The zero-order valence-electron chi connectivity index (χ0n) is 10.6. The number of benzene rings is 1. The zero-order valence-corrected chi connectivity index (χ0v) is 12.1. The highest BCUT2D eigenvalue weighted by Crippen LogP contribution is 2.33. The van der Waals surface area contributed by atoms with Gasteiger partial charge in [0.25, 0.3) is 0 Å². The summed E-state index contributed by atoms with van der Waals surface area (Å²) in [5, 5.41) is 10.2. The van der Waals surface area contributed by atoms with E-state index in [1.807, 2.05) is 0 Å². The molecule has 1 heterocycles. The predicted molar refractivity (Wildman–Crippen MR) is 80.5 cm³/mol. The minimum Gasteiger partial charge on any atom is -0.495 e. The number of halogens is 2. The third kappa shape index (κ3) is 2.93. The number of nitriles is 1. The average molecular weight is 305 g/mol. The van der Waals surface area contributed by atoms with Crippen LogP contribution in [-0.4, -0.2) is 12.1 Å². The Bertz CT molecular complexity index is 691. The maximum atomic E-state index is 9.36. The van der Waals surface area contributed by atoms with Crippen LogP contribution in [0.1, 0.15) is 11.1 Å². The lowest BCUT2D eigenvalue weighted by molar-refractivity contribution is 0.415. The van der Waals surface area contributed by atoms with Gasteiger partial charge in [-0.15, -0.1) is 0 Å². The fourth-order valence-electron chi connectivity index (χ4n) is 1.70. The van der Waals surface area contributed by atoms with E-state index in [0.717, 1.165) is 5.56 Å². The Hall–Kier alpha value is -2.02. The van der Waals surface area contributed by atoms with Gasteiger partial charge in [-0.05, 0) is 35.4 Å². The van der Waals surface area contributed by atoms with Crippen molar-refractivity contribution in [2.24, 2.45) is 0 Å². The van der Waals surface area contributed by atoms with Crippen molar-refractivity contribution in [3.05, 3.63) is 58.9 Å². The van der Waals surface area contributed by atoms with Gasteiger partial charge in [0.05, 0.1) is 22.7 Å².